The zero-order valence-corrected chi connectivity index (χ0v) is 13.4. The second kappa shape index (κ2) is 5.98. The Morgan fingerprint density at radius 3 is 2.57 bits per heavy atom. The summed E-state index contributed by atoms with van der Waals surface area (Å²) in [5, 5.41) is 13.8. The van der Waals surface area contributed by atoms with Crippen LogP contribution in [0.2, 0.25) is 0 Å². The summed E-state index contributed by atoms with van der Waals surface area (Å²) in [5.41, 5.74) is 5.58. The molecule has 0 radical (unpaired) electrons. The predicted molar refractivity (Wildman–Crippen MR) is 89.7 cm³/mol. The van der Waals surface area contributed by atoms with Crippen molar-refractivity contribution in [1.29, 1.82) is 5.26 Å². The highest BCUT2D eigenvalue weighted by Gasteiger charge is 2.08. The number of methoxy groups -OCH3 is 1. The van der Waals surface area contributed by atoms with Gasteiger partial charge in [0.05, 0.1) is 30.1 Å². The van der Waals surface area contributed by atoms with Crippen LogP contribution < -0.4 is 4.74 Å². The van der Waals surface area contributed by atoms with Crippen molar-refractivity contribution in [2.75, 3.05) is 7.11 Å². The summed E-state index contributed by atoms with van der Waals surface area (Å²) < 4.78 is 7.03. The van der Waals surface area contributed by atoms with Crippen molar-refractivity contribution >= 4 is 0 Å². The first-order valence-corrected chi connectivity index (χ1v) is 7.34. The number of ether oxygens (including phenoxy) is 1. The highest BCUT2D eigenvalue weighted by molar-refractivity contribution is 5.64. The van der Waals surface area contributed by atoms with Crippen LogP contribution in [0.4, 0.5) is 0 Å². The van der Waals surface area contributed by atoms with E-state index in [9.17, 15) is 0 Å². The number of aromatic nitrogens is 2. The van der Waals surface area contributed by atoms with Crippen LogP contribution in [0.1, 0.15) is 16.7 Å². The molecule has 4 nitrogen and oxygen atoms in total. The maximum absolute atomic E-state index is 9.17. The van der Waals surface area contributed by atoms with Gasteiger partial charge in [-0.15, -0.1) is 0 Å². The standard InChI is InChI=1S/C19H17N3O/c1-13-4-5-16(11-15(13)12-20)22-9-8-19(21-22)18-7-6-17(23-3)10-14(18)2/h4-11H,1-3H3. The van der Waals surface area contributed by atoms with Crippen molar-refractivity contribution < 1.29 is 4.74 Å². The Morgan fingerprint density at radius 1 is 1.04 bits per heavy atom. The van der Waals surface area contributed by atoms with E-state index in [-0.39, 0.29) is 0 Å². The predicted octanol–water partition coefficient (Wildman–Crippen LogP) is 4.04. The van der Waals surface area contributed by atoms with E-state index in [2.05, 4.69) is 11.2 Å². The zero-order chi connectivity index (χ0) is 16.4. The molecule has 2 aromatic carbocycles. The minimum atomic E-state index is 0.667. The molecule has 1 aromatic heterocycles. The summed E-state index contributed by atoms with van der Waals surface area (Å²) in [6.07, 6.45) is 1.91. The molecule has 4 heteroatoms. The Bertz CT molecular complexity index is 903. The second-order valence-electron chi connectivity index (χ2n) is 5.44. The van der Waals surface area contributed by atoms with E-state index in [1.54, 1.807) is 11.8 Å². The average molecular weight is 303 g/mol. The van der Waals surface area contributed by atoms with Gasteiger partial charge in [0.2, 0.25) is 0 Å². The van der Waals surface area contributed by atoms with Gasteiger partial charge in [-0.2, -0.15) is 10.4 Å². The van der Waals surface area contributed by atoms with Crippen molar-refractivity contribution in [3.05, 3.63) is 65.4 Å². The highest BCUT2D eigenvalue weighted by atomic mass is 16.5. The third kappa shape index (κ3) is 2.82. The van der Waals surface area contributed by atoms with Crippen molar-refractivity contribution in [2.45, 2.75) is 13.8 Å². The molecule has 0 bridgehead atoms. The lowest BCUT2D eigenvalue weighted by Crippen LogP contribution is -1.97. The molecule has 0 unspecified atom stereocenters. The Kier molecular flexibility index (Phi) is 3.86. The summed E-state index contributed by atoms with van der Waals surface area (Å²) in [6, 6.07) is 15.9. The van der Waals surface area contributed by atoms with Crippen LogP contribution in [0.3, 0.4) is 0 Å². The molecule has 114 valence electrons. The second-order valence-corrected chi connectivity index (χ2v) is 5.44. The molecule has 0 saturated carbocycles. The number of benzene rings is 2. The Balaban J connectivity index is 1.99. The minimum absolute atomic E-state index is 0.667. The number of hydrogen-bond donors (Lipinski definition) is 0. The van der Waals surface area contributed by atoms with Crippen LogP contribution in [-0.2, 0) is 0 Å². The van der Waals surface area contributed by atoms with Gasteiger partial charge >= 0.3 is 0 Å². The van der Waals surface area contributed by atoms with Gasteiger partial charge in [-0.3, -0.25) is 0 Å². The summed E-state index contributed by atoms with van der Waals surface area (Å²) in [6.45, 7) is 3.97. The van der Waals surface area contributed by atoms with Gasteiger partial charge in [-0.25, -0.2) is 4.68 Å². The van der Waals surface area contributed by atoms with Gasteiger partial charge in [-0.05, 0) is 61.4 Å². The third-order valence-electron chi connectivity index (χ3n) is 3.90. The zero-order valence-electron chi connectivity index (χ0n) is 13.4. The van der Waals surface area contributed by atoms with Crippen molar-refractivity contribution in [2.24, 2.45) is 0 Å². The summed E-state index contributed by atoms with van der Waals surface area (Å²) >= 11 is 0. The van der Waals surface area contributed by atoms with E-state index in [1.165, 1.54) is 0 Å². The lowest BCUT2D eigenvalue weighted by Gasteiger charge is -2.06. The van der Waals surface area contributed by atoms with Crippen molar-refractivity contribution in [1.82, 2.24) is 9.78 Å². The largest absolute Gasteiger partial charge is 0.497 e. The summed E-state index contributed by atoms with van der Waals surface area (Å²) in [7, 11) is 1.66. The molecule has 0 N–H and O–H groups in total. The average Bonchev–Trinajstić information content (AvgIpc) is 3.04. The number of rotatable bonds is 3. The van der Waals surface area contributed by atoms with Crippen LogP contribution in [0.5, 0.6) is 5.75 Å². The van der Waals surface area contributed by atoms with Crippen LogP contribution >= 0.6 is 0 Å². The smallest absolute Gasteiger partial charge is 0.119 e. The van der Waals surface area contributed by atoms with E-state index >= 15 is 0 Å². The molecule has 1 heterocycles. The summed E-state index contributed by atoms with van der Waals surface area (Å²) in [5.74, 6) is 0.836. The monoisotopic (exact) mass is 303 g/mol. The fourth-order valence-electron chi connectivity index (χ4n) is 2.53. The molecule has 3 rings (SSSR count). The van der Waals surface area contributed by atoms with E-state index in [1.807, 2.05) is 62.5 Å². The molecule has 0 aliphatic heterocycles. The molecule has 0 spiro atoms. The van der Waals surface area contributed by atoms with Crippen LogP contribution in [0.25, 0.3) is 16.9 Å². The fraction of sp³-hybridized carbons (Fsp3) is 0.158. The van der Waals surface area contributed by atoms with E-state index in [4.69, 9.17) is 10.00 Å². The van der Waals surface area contributed by atoms with Gasteiger partial charge in [0.1, 0.15) is 5.75 Å². The Morgan fingerprint density at radius 2 is 1.87 bits per heavy atom. The topological polar surface area (TPSA) is 50.8 Å². The number of aryl methyl sites for hydroxylation is 2. The molecule has 0 amide bonds. The molecule has 0 aliphatic rings. The molecule has 0 fully saturated rings. The van der Waals surface area contributed by atoms with Crippen LogP contribution in [-0.4, -0.2) is 16.9 Å². The minimum Gasteiger partial charge on any atom is -0.497 e. The van der Waals surface area contributed by atoms with Gasteiger partial charge in [-0.1, -0.05) is 6.07 Å². The first-order valence-electron chi connectivity index (χ1n) is 7.34. The fourth-order valence-corrected chi connectivity index (χ4v) is 2.53. The molecular weight excluding hydrogens is 286 g/mol. The van der Waals surface area contributed by atoms with Crippen LogP contribution in [0.15, 0.2) is 48.7 Å². The lowest BCUT2D eigenvalue weighted by molar-refractivity contribution is 0.414. The van der Waals surface area contributed by atoms with E-state index in [0.29, 0.717) is 5.56 Å². The maximum Gasteiger partial charge on any atom is 0.119 e. The molecule has 0 atom stereocenters. The van der Waals surface area contributed by atoms with Gasteiger partial charge in [0.25, 0.3) is 0 Å². The quantitative estimate of drug-likeness (QED) is 0.734. The van der Waals surface area contributed by atoms with Gasteiger partial charge in [0, 0.05) is 11.8 Å². The van der Waals surface area contributed by atoms with E-state index < -0.39 is 0 Å². The first kappa shape index (κ1) is 14.9. The van der Waals surface area contributed by atoms with E-state index in [0.717, 1.165) is 33.8 Å². The third-order valence-corrected chi connectivity index (χ3v) is 3.90. The maximum atomic E-state index is 9.17. The molecule has 0 saturated heterocycles. The van der Waals surface area contributed by atoms with Gasteiger partial charge in [0.15, 0.2) is 0 Å². The van der Waals surface area contributed by atoms with Gasteiger partial charge < -0.3 is 4.74 Å². The molecule has 3 aromatic rings. The Labute approximate surface area is 135 Å². The lowest BCUT2D eigenvalue weighted by atomic mass is 10.1. The number of hydrogen-bond acceptors (Lipinski definition) is 3. The van der Waals surface area contributed by atoms with Crippen molar-refractivity contribution in [3.63, 3.8) is 0 Å². The normalized spacial score (nSPS) is 10.3. The highest BCUT2D eigenvalue weighted by Crippen LogP contribution is 2.26. The first-order chi connectivity index (χ1) is 11.1. The number of nitrogens with zero attached hydrogens (tertiary/aromatic N) is 3. The molecular formula is C19H17N3O. The number of nitriles is 1. The molecule has 23 heavy (non-hydrogen) atoms. The Hall–Kier alpha value is -3.06. The summed E-state index contributed by atoms with van der Waals surface area (Å²) in [4.78, 5) is 0. The SMILES string of the molecule is COc1ccc(-c2ccn(-c3ccc(C)c(C#N)c3)n2)c(C)c1. The van der Waals surface area contributed by atoms with Crippen molar-refractivity contribution in [3.8, 4) is 28.8 Å². The molecule has 0 aliphatic carbocycles. The van der Waals surface area contributed by atoms with Crippen LogP contribution in [0, 0.1) is 25.2 Å².